The van der Waals surface area contributed by atoms with Crippen molar-refractivity contribution in [3.63, 3.8) is 0 Å². The van der Waals surface area contributed by atoms with Crippen molar-refractivity contribution in [2.24, 2.45) is 0 Å². The van der Waals surface area contributed by atoms with E-state index in [0.29, 0.717) is 19.4 Å². The van der Waals surface area contributed by atoms with Gasteiger partial charge in [0.1, 0.15) is 11.8 Å². The van der Waals surface area contributed by atoms with Gasteiger partial charge in [0.15, 0.2) is 5.60 Å². The van der Waals surface area contributed by atoms with E-state index < -0.39 is 17.4 Å². The number of unbranched alkanes of at least 4 members (excludes halogenated alkanes) is 11. The Hall–Kier alpha value is -1.14. The Bertz CT molecular complexity index is 856. The Morgan fingerprint density at radius 3 is 1.62 bits per heavy atom. The monoisotopic (exact) mass is 633 g/mol. The van der Waals surface area contributed by atoms with Crippen molar-refractivity contribution in [3.05, 3.63) is 0 Å². The number of carbonyl (C=O) groups excluding carboxylic acids is 2. The van der Waals surface area contributed by atoms with Gasteiger partial charge in [0.25, 0.3) is 5.91 Å². The third kappa shape index (κ3) is 11.8. The lowest BCUT2D eigenvalue weighted by Crippen LogP contribution is -2.66. The van der Waals surface area contributed by atoms with Gasteiger partial charge in [0, 0.05) is 23.9 Å². The molecule has 1 amide bonds. The van der Waals surface area contributed by atoms with E-state index in [1.54, 1.807) is 0 Å². The minimum absolute atomic E-state index is 0.00653. The fourth-order valence-corrected chi connectivity index (χ4v) is 8.96. The maximum atomic E-state index is 14.7. The average Bonchev–Trinajstić information content (AvgIpc) is 3.16. The molecule has 6 nitrogen and oxygen atoms in total. The SMILES string of the molecule is CCCCCCCCCCCCCCOC(=O)C(C)N1C(=O)C2(CC(C)(C)NC(C)(C)C2)OC12CCCCCCCCCCC2. The highest BCUT2D eigenvalue weighted by molar-refractivity contribution is 5.92. The molecular formula is C39H72N2O4. The second-order valence-electron chi connectivity index (χ2n) is 16.4. The first kappa shape index (κ1) is 38.3. The first-order valence-corrected chi connectivity index (χ1v) is 19.5. The summed E-state index contributed by atoms with van der Waals surface area (Å²) in [6.07, 6.45) is 28.9. The van der Waals surface area contributed by atoms with Gasteiger partial charge >= 0.3 is 5.97 Å². The molecule has 0 aromatic carbocycles. The lowest BCUT2D eigenvalue weighted by Gasteiger charge is -2.50. The maximum absolute atomic E-state index is 14.7. The summed E-state index contributed by atoms with van der Waals surface area (Å²) in [4.78, 5) is 30.2. The van der Waals surface area contributed by atoms with E-state index in [1.807, 2.05) is 11.8 Å². The predicted molar refractivity (Wildman–Crippen MR) is 186 cm³/mol. The van der Waals surface area contributed by atoms with Crippen LogP contribution in [0.15, 0.2) is 0 Å². The molecule has 6 heteroatoms. The summed E-state index contributed by atoms with van der Waals surface area (Å²) >= 11 is 0. The van der Waals surface area contributed by atoms with Crippen LogP contribution in [-0.2, 0) is 19.1 Å². The third-order valence-corrected chi connectivity index (χ3v) is 10.7. The first-order chi connectivity index (χ1) is 21.5. The van der Waals surface area contributed by atoms with Crippen LogP contribution >= 0.6 is 0 Å². The van der Waals surface area contributed by atoms with Crippen LogP contribution in [0.5, 0.6) is 0 Å². The van der Waals surface area contributed by atoms with Crippen molar-refractivity contribution < 1.29 is 19.1 Å². The van der Waals surface area contributed by atoms with Gasteiger partial charge in [-0.1, -0.05) is 122 Å². The molecule has 1 unspecified atom stereocenters. The van der Waals surface area contributed by atoms with Crippen molar-refractivity contribution in [1.82, 2.24) is 10.2 Å². The van der Waals surface area contributed by atoms with Gasteiger partial charge in [-0.2, -0.15) is 0 Å². The zero-order valence-corrected chi connectivity index (χ0v) is 30.5. The predicted octanol–water partition coefficient (Wildman–Crippen LogP) is 10.2. The summed E-state index contributed by atoms with van der Waals surface area (Å²) in [6.45, 7) is 13.3. The number of carbonyl (C=O) groups is 2. The van der Waals surface area contributed by atoms with E-state index in [-0.39, 0.29) is 23.0 Å². The molecule has 262 valence electrons. The van der Waals surface area contributed by atoms with E-state index in [1.165, 1.54) is 96.3 Å². The average molecular weight is 633 g/mol. The van der Waals surface area contributed by atoms with Crippen LogP contribution in [0.2, 0.25) is 0 Å². The van der Waals surface area contributed by atoms with Gasteiger partial charge in [0.2, 0.25) is 0 Å². The molecule has 2 saturated heterocycles. The Labute approximate surface area is 277 Å². The Kier molecular flexibility index (Phi) is 15.7. The minimum Gasteiger partial charge on any atom is -0.464 e. The van der Waals surface area contributed by atoms with E-state index in [2.05, 4.69) is 39.9 Å². The molecule has 0 aromatic rings. The fourth-order valence-electron chi connectivity index (χ4n) is 8.96. The summed E-state index contributed by atoms with van der Waals surface area (Å²) in [7, 11) is 0. The van der Waals surface area contributed by atoms with Crippen molar-refractivity contribution in [2.75, 3.05) is 6.61 Å². The summed E-state index contributed by atoms with van der Waals surface area (Å²) in [5.74, 6) is -0.267. The quantitative estimate of drug-likeness (QED) is 0.144. The number of rotatable bonds is 15. The van der Waals surface area contributed by atoms with E-state index in [9.17, 15) is 9.59 Å². The molecule has 3 rings (SSSR count). The van der Waals surface area contributed by atoms with Crippen LogP contribution in [0, 0.1) is 0 Å². The van der Waals surface area contributed by atoms with Gasteiger partial charge < -0.3 is 14.8 Å². The highest BCUT2D eigenvalue weighted by Crippen LogP contribution is 2.51. The van der Waals surface area contributed by atoms with Crippen LogP contribution < -0.4 is 5.32 Å². The summed E-state index contributed by atoms with van der Waals surface area (Å²) < 4.78 is 13.1. The molecule has 2 spiro atoms. The zero-order chi connectivity index (χ0) is 32.8. The number of amides is 1. The number of hydrogen-bond acceptors (Lipinski definition) is 5. The molecule has 45 heavy (non-hydrogen) atoms. The lowest BCUT2D eigenvalue weighted by molar-refractivity contribution is -0.186. The van der Waals surface area contributed by atoms with E-state index in [4.69, 9.17) is 9.47 Å². The zero-order valence-electron chi connectivity index (χ0n) is 30.5. The minimum atomic E-state index is -0.917. The number of hydrogen-bond donors (Lipinski definition) is 1. The second-order valence-corrected chi connectivity index (χ2v) is 16.4. The molecule has 3 fully saturated rings. The smallest absolute Gasteiger partial charge is 0.328 e. The highest BCUT2D eigenvalue weighted by Gasteiger charge is 2.65. The summed E-state index contributed by atoms with van der Waals surface area (Å²) in [6, 6.07) is -0.650. The Balaban J connectivity index is 1.60. The van der Waals surface area contributed by atoms with Gasteiger partial charge in [-0.15, -0.1) is 0 Å². The summed E-state index contributed by atoms with van der Waals surface area (Å²) in [5.41, 5.74) is -2.16. The van der Waals surface area contributed by atoms with Gasteiger partial charge in [-0.05, 0) is 66.7 Å². The lowest BCUT2D eigenvalue weighted by atomic mass is 9.72. The molecule has 1 aliphatic carbocycles. The third-order valence-electron chi connectivity index (χ3n) is 10.7. The van der Waals surface area contributed by atoms with Gasteiger partial charge in [-0.3, -0.25) is 9.69 Å². The first-order valence-electron chi connectivity index (χ1n) is 19.5. The number of nitrogens with one attached hydrogen (secondary N) is 1. The summed E-state index contributed by atoms with van der Waals surface area (Å²) in [5, 5.41) is 3.74. The number of esters is 1. The maximum Gasteiger partial charge on any atom is 0.328 e. The standard InChI is InChI=1S/C39H72N2O4/c1-7-8-9-10-11-12-13-14-18-21-24-27-30-44-34(42)33(2)41-35(43)38(31-36(3,4)40-37(5,6)32-38)45-39(41)28-25-22-19-16-15-17-20-23-26-29-39/h33,40H,7-32H2,1-6H3. The van der Waals surface area contributed by atoms with Crippen molar-refractivity contribution in [2.45, 2.75) is 231 Å². The molecule has 0 bridgehead atoms. The molecule has 3 aliphatic rings. The molecule has 1 N–H and O–H groups in total. The number of nitrogens with zero attached hydrogens (tertiary/aromatic N) is 1. The van der Waals surface area contributed by atoms with Crippen LogP contribution in [0.3, 0.4) is 0 Å². The van der Waals surface area contributed by atoms with Crippen molar-refractivity contribution in [1.29, 1.82) is 0 Å². The van der Waals surface area contributed by atoms with Crippen molar-refractivity contribution in [3.8, 4) is 0 Å². The van der Waals surface area contributed by atoms with E-state index in [0.717, 1.165) is 51.4 Å². The fraction of sp³-hybridized carbons (Fsp3) is 0.949. The highest BCUT2D eigenvalue weighted by atomic mass is 16.6. The molecule has 1 saturated carbocycles. The number of piperidine rings is 1. The molecule has 0 aromatic heterocycles. The molecule has 2 heterocycles. The molecule has 0 radical (unpaired) electrons. The molecular weight excluding hydrogens is 560 g/mol. The van der Waals surface area contributed by atoms with Crippen LogP contribution in [0.4, 0.5) is 0 Å². The molecule has 1 atom stereocenters. The number of ether oxygens (including phenoxy) is 2. The van der Waals surface area contributed by atoms with Crippen LogP contribution in [0.25, 0.3) is 0 Å². The van der Waals surface area contributed by atoms with Crippen LogP contribution in [-0.4, -0.2) is 51.8 Å². The van der Waals surface area contributed by atoms with Crippen molar-refractivity contribution >= 4 is 11.9 Å². The van der Waals surface area contributed by atoms with Gasteiger partial charge in [-0.25, -0.2) is 4.79 Å². The Morgan fingerprint density at radius 1 is 0.733 bits per heavy atom. The second kappa shape index (κ2) is 18.4. The van der Waals surface area contributed by atoms with E-state index >= 15 is 0 Å². The van der Waals surface area contributed by atoms with Gasteiger partial charge in [0.05, 0.1) is 6.61 Å². The topological polar surface area (TPSA) is 67.9 Å². The van der Waals surface area contributed by atoms with Crippen LogP contribution in [0.1, 0.15) is 202 Å². The normalized spacial score (nSPS) is 23.9. The molecule has 2 aliphatic heterocycles. The largest absolute Gasteiger partial charge is 0.464 e. The Morgan fingerprint density at radius 2 is 1.16 bits per heavy atom.